The molecule has 5 heteroatoms. The molecule has 0 radical (unpaired) electrons. The Morgan fingerprint density at radius 3 is 3.00 bits per heavy atom. The molecule has 0 aliphatic carbocycles. The lowest BCUT2D eigenvalue weighted by Gasteiger charge is -2.32. The highest BCUT2D eigenvalue weighted by Crippen LogP contribution is 2.18. The Morgan fingerprint density at radius 2 is 2.35 bits per heavy atom. The molecule has 100 valence electrons. The van der Waals surface area contributed by atoms with Crippen LogP contribution in [0.2, 0.25) is 0 Å². The zero-order valence-electron chi connectivity index (χ0n) is 10.7. The van der Waals surface area contributed by atoms with Gasteiger partial charge in [0.15, 0.2) is 0 Å². The Labute approximate surface area is 103 Å². The van der Waals surface area contributed by atoms with Crippen LogP contribution in [0.1, 0.15) is 19.8 Å². The average molecular weight is 245 g/mol. The van der Waals surface area contributed by atoms with Crippen molar-refractivity contribution in [1.29, 1.82) is 0 Å². The molecule has 1 heterocycles. The first-order valence-electron chi connectivity index (χ1n) is 6.23. The van der Waals surface area contributed by atoms with Crippen molar-refractivity contribution in [1.82, 2.24) is 4.90 Å². The van der Waals surface area contributed by atoms with Gasteiger partial charge in [-0.15, -0.1) is 0 Å². The molecule has 0 aromatic carbocycles. The van der Waals surface area contributed by atoms with E-state index in [1.165, 1.54) is 0 Å². The number of piperidine rings is 1. The number of methoxy groups -OCH3 is 1. The standard InChI is InChI=1S/C12H23NO4/c1-3-17-12(15)10-5-4-6-13(7-10)8-11(14)9-16-2/h10-11,14H,3-9H2,1-2H3/t10-,11?/m1/s1. The van der Waals surface area contributed by atoms with Gasteiger partial charge in [-0.1, -0.05) is 0 Å². The molecule has 0 bridgehead atoms. The van der Waals surface area contributed by atoms with Crippen LogP contribution in [-0.4, -0.2) is 62.0 Å². The molecule has 1 aliphatic heterocycles. The van der Waals surface area contributed by atoms with Crippen LogP contribution < -0.4 is 0 Å². The molecule has 17 heavy (non-hydrogen) atoms. The molecule has 0 saturated carbocycles. The third-order valence-corrected chi connectivity index (χ3v) is 2.95. The summed E-state index contributed by atoms with van der Waals surface area (Å²) in [5.74, 6) is -0.156. The summed E-state index contributed by atoms with van der Waals surface area (Å²) in [4.78, 5) is 13.7. The molecule has 0 amide bonds. The van der Waals surface area contributed by atoms with Crippen molar-refractivity contribution in [3.63, 3.8) is 0 Å². The average Bonchev–Trinajstić information content (AvgIpc) is 2.30. The molecule has 1 fully saturated rings. The predicted molar refractivity (Wildman–Crippen MR) is 63.7 cm³/mol. The Bertz CT molecular complexity index is 235. The van der Waals surface area contributed by atoms with Gasteiger partial charge >= 0.3 is 5.97 Å². The van der Waals surface area contributed by atoms with Crippen LogP contribution in [0, 0.1) is 5.92 Å². The van der Waals surface area contributed by atoms with E-state index in [9.17, 15) is 9.90 Å². The summed E-state index contributed by atoms with van der Waals surface area (Å²) in [6.07, 6.45) is 1.37. The largest absolute Gasteiger partial charge is 0.466 e. The number of carbonyl (C=O) groups is 1. The van der Waals surface area contributed by atoms with E-state index in [0.717, 1.165) is 19.4 Å². The van der Waals surface area contributed by atoms with E-state index in [1.54, 1.807) is 7.11 Å². The number of esters is 1. The first kappa shape index (κ1) is 14.4. The van der Waals surface area contributed by atoms with E-state index >= 15 is 0 Å². The maximum absolute atomic E-state index is 11.6. The second-order valence-corrected chi connectivity index (χ2v) is 4.46. The zero-order valence-corrected chi connectivity index (χ0v) is 10.7. The molecule has 0 aromatic heterocycles. The number of aliphatic hydroxyl groups excluding tert-OH is 1. The molecule has 1 rings (SSSR count). The Kier molecular flexibility index (Phi) is 6.47. The maximum atomic E-state index is 11.6. The van der Waals surface area contributed by atoms with Gasteiger partial charge in [-0.25, -0.2) is 0 Å². The van der Waals surface area contributed by atoms with Crippen molar-refractivity contribution in [2.75, 3.05) is 40.0 Å². The fourth-order valence-electron chi connectivity index (χ4n) is 2.22. The summed E-state index contributed by atoms with van der Waals surface area (Å²) < 4.78 is 9.92. The summed E-state index contributed by atoms with van der Waals surface area (Å²) in [6, 6.07) is 0. The smallest absolute Gasteiger partial charge is 0.310 e. The van der Waals surface area contributed by atoms with Crippen LogP contribution in [0.4, 0.5) is 0 Å². The van der Waals surface area contributed by atoms with Gasteiger partial charge in [-0.3, -0.25) is 9.69 Å². The van der Waals surface area contributed by atoms with E-state index < -0.39 is 6.10 Å². The van der Waals surface area contributed by atoms with E-state index in [2.05, 4.69) is 4.90 Å². The Balaban J connectivity index is 2.35. The SMILES string of the molecule is CCOC(=O)[C@@H]1CCCN(CC(O)COC)C1. The number of rotatable bonds is 6. The van der Waals surface area contributed by atoms with Gasteiger partial charge in [0.25, 0.3) is 0 Å². The summed E-state index contributed by atoms with van der Waals surface area (Å²) >= 11 is 0. The first-order chi connectivity index (χ1) is 8.17. The Hall–Kier alpha value is -0.650. The molecule has 0 spiro atoms. The van der Waals surface area contributed by atoms with Gasteiger partial charge in [0.2, 0.25) is 0 Å². The number of β-amino-alcohol motifs (C(OH)–C–C–N with tert-alkyl or cyclic N) is 1. The number of carbonyl (C=O) groups excluding carboxylic acids is 1. The van der Waals surface area contributed by atoms with Crippen molar-refractivity contribution in [2.24, 2.45) is 5.92 Å². The molecule has 1 N–H and O–H groups in total. The van der Waals surface area contributed by atoms with Crippen LogP contribution in [0.5, 0.6) is 0 Å². The maximum Gasteiger partial charge on any atom is 0.310 e. The van der Waals surface area contributed by atoms with Gasteiger partial charge in [0.1, 0.15) is 0 Å². The molecular formula is C12H23NO4. The second kappa shape index (κ2) is 7.63. The minimum absolute atomic E-state index is 0.0431. The number of likely N-dealkylation sites (tertiary alicyclic amines) is 1. The van der Waals surface area contributed by atoms with Crippen LogP contribution in [-0.2, 0) is 14.3 Å². The lowest BCUT2D eigenvalue weighted by atomic mass is 9.98. The topological polar surface area (TPSA) is 59.0 Å². The van der Waals surface area contributed by atoms with Crippen molar-refractivity contribution >= 4 is 5.97 Å². The fraction of sp³-hybridized carbons (Fsp3) is 0.917. The second-order valence-electron chi connectivity index (χ2n) is 4.46. The Morgan fingerprint density at radius 1 is 1.59 bits per heavy atom. The van der Waals surface area contributed by atoms with Crippen LogP contribution >= 0.6 is 0 Å². The van der Waals surface area contributed by atoms with Crippen molar-refractivity contribution in [2.45, 2.75) is 25.9 Å². The van der Waals surface area contributed by atoms with Gasteiger partial charge in [-0.2, -0.15) is 0 Å². The first-order valence-corrected chi connectivity index (χ1v) is 6.23. The number of aliphatic hydroxyl groups is 1. The quantitative estimate of drug-likeness (QED) is 0.681. The van der Waals surface area contributed by atoms with Crippen LogP contribution in [0.15, 0.2) is 0 Å². The lowest BCUT2D eigenvalue weighted by molar-refractivity contribution is -0.150. The van der Waals surface area contributed by atoms with Crippen LogP contribution in [0.3, 0.4) is 0 Å². The molecule has 5 nitrogen and oxygen atoms in total. The number of nitrogens with zero attached hydrogens (tertiary/aromatic N) is 1. The van der Waals surface area contributed by atoms with Gasteiger partial charge in [-0.05, 0) is 26.3 Å². The highest BCUT2D eigenvalue weighted by molar-refractivity contribution is 5.72. The van der Waals surface area contributed by atoms with E-state index in [4.69, 9.17) is 9.47 Å². The third kappa shape index (κ3) is 5.02. The monoisotopic (exact) mass is 245 g/mol. The van der Waals surface area contributed by atoms with Crippen molar-refractivity contribution < 1.29 is 19.4 Å². The highest BCUT2D eigenvalue weighted by atomic mass is 16.5. The zero-order chi connectivity index (χ0) is 12.7. The molecule has 0 aromatic rings. The minimum atomic E-state index is -0.485. The van der Waals surface area contributed by atoms with Crippen LogP contribution in [0.25, 0.3) is 0 Å². The van der Waals surface area contributed by atoms with E-state index in [-0.39, 0.29) is 11.9 Å². The predicted octanol–water partition coefficient (Wildman–Crippen LogP) is 0.269. The minimum Gasteiger partial charge on any atom is -0.466 e. The normalized spacial score (nSPS) is 23.4. The third-order valence-electron chi connectivity index (χ3n) is 2.95. The summed E-state index contributed by atoms with van der Waals surface area (Å²) in [7, 11) is 1.57. The van der Waals surface area contributed by atoms with Crippen molar-refractivity contribution in [3.8, 4) is 0 Å². The number of ether oxygens (including phenoxy) is 2. The summed E-state index contributed by atoms with van der Waals surface area (Å²) in [6.45, 7) is 4.75. The number of hydrogen-bond acceptors (Lipinski definition) is 5. The molecule has 1 aliphatic rings. The lowest BCUT2D eigenvalue weighted by Crippen LogP contribution is -2.43. The van der Waals surface area contributed by atoms with Gasteiger partial charge in [0, 0.05) is 20.2 Å². The molecular weight excluding hydrogens is 222 g/mol. The summed E-state index contributed by atoms with van der Waals surface area (Å²) in [5, 5.41) is 9.65. The van der Waals surface area contributed by atoms with Gasteiger partial charge < -0.3 is 14.6 Å². The van der Waals surface area contributed by atoms with Crippen molar-refractivity contribution in [3.05, 3.63) is 0 Å². The van der Waals surface area contributed by atoms with E-state index in [1.807, 2.05) is 6.92 Å². The summed E-state index contributed by atoms with van der Waals surface area (Å²) in [5.41, 5.74) is 0. The fourth-order valence-corrected chi connectivity index (χ4v) is 2.22. The molecule has 2 atom stereocenters. The molecule has 1 saturated heterocycles. The molecule has 1 unspecified atom stereocenters. The van der Waals surface area contributed by atoms with E-state index in [0.29, 0.717) is 26.3 Å². The highest BCUT2D eigenvalue weighted by Gasteiger charge is 2.27. The van der Waals surface area contributed by atoms with Gasteiger partial charge in [0.05, 0.1) is 25.2 Å². The number of hydrogen-bond donors (Lipinski definition) is 1.